The van der Waals surface area contributed by atoms with E-state index < -0.39 is 33.3 Å². The summed E-state index contributed by atoms with van der Waals surface area (Å²) in [6, 6.07) is 1.24. The maximum atomic E-state index is 12.2. The van der Waals surface area contributed by atoms with Gasteiger partial charge in [0.25, 0.3) is 5.69 Å². The number of nitro benzene ring substituents is 1. The number of hydrogen-bond donors (Lipinski definition) is 2. The molecule has 118 valence electrons. The zero-order chi connectivity index (χ0) is 16.2. The Morgan fingerprint density at radius 1 is 1.52 bits per heavy atom. The van der Waals surface area contributed by atoms with Gasteiger partial charge in [-0.2, -0.15) is 0 Å². The van der Waals surface area contributed by atoms with Crippen molar-refractivity contribution >= 4 is 27.3 Å². The fraction of sp³-hybridized carbons (Fsp3) is 0.455. The molecule has 0 amide bonds. The molecular weight excluding hydrogens is 324 g/mol. The quantitative estimate of drug-likeness (QED) is 0.561. The number of rotatable bonds is 7. The predicted octanol–water partition coefficient (Wildman–Crippen LogP) is 0.842. The molecule has 0 heterocycles. The Morgan fingerprint density at radius 3 is 2.62 bits per heavy atom. The Morgan fingerprint density at radius 2 is 2.14 bits per heavy atom. The summed E-state index contributed by atoms with van der Waals surface area (Å²) in [5.41, 5.74) is -0.248. The van der Waals surface area contributed by atoms with Crippen LogP contribution in [-0.2, 0) is 14.8 Å². The largest absolute Gasteiger partial charge is 0.395 e. The van der Waals surface area contributed by atoms with Crippen LogP contribution in [0.1, 0.15) is 5.56 Å². The first kappa shape index (κ1) is 17.8. The Bertz CT molecular complexity index is 634. The summed E-state index contributed by atoms with van der Waals surface area (Å²) in [5, 5.41) is 19.8. The van der Waals surface area contributed by atoms with Crippen molar-refractivity contribution in [3.63, 3.8) is 0 Å². The highest BCUT2D eigenvalue weighted by Crippen LogP contribution is 2.30. The summed E-state index contributed by atoms with van der Waals surface area (Å²) >= 11 is 5.71. The van der Waals surface area contributed by atoms with E-state index in [0.29, 0.717) is 0 Å². The number of methoxy groups -OCH3 is 1. The third kappa shape index (κ3) is 4.35. The number of nitro groups is 1. The average molecular weight is 339 g/mol. The highest BCUT2D eigenvalue weighted by molar-refractivity contribution is 7.89. The van der Waals surface area contributed by atoms with Crippen LogP contribution >= 0.6 is 11.6 Å². The molecule has 1 unspecified atom stereocenters. The van der Waals surface area contributed by atoms with Crippen molar-refractivity contribution in [3.8, 4) is 0 Å². The number of halogens is 1. The monoisotopic (exact) mass is 338 g/mol. The van der Waals surface area contributed by atoms with Gasteiger partial charge < -0.3 is 9.84 Å². The van der Waals surface area contributed by atoms with Gasteiger partial charge in [0.1, 0.15) is 5.02 Å². The van der Waals surface area contributed by atoms with E-state index in [9.17, 15) is 18.5 Å². The first-order valence-corrected chi connectivity index (χ1v) is 7.65. The molecular formula is C11H15ClN2O6S. The zero-order valence-corrected chi connectivity index (χ0v) is 12.9. The van der Waals surface area contributed by atoms with Crippen molar-refractivity contribution in [3.05, 3.63) is 32.8 Å². The van der Waals surface area contributed by atoms with Gasteiger partial charge in [0.15, 0.2) is 0 Å². The van der Waals surface area contributed by atoms with E-state index in [4.69, 9.17) is 21.4 Å². The summed E-state index contributed by atoms with van der Waals surface area (Å²) in [6.45, 7) is 0.959. The molecule has 2 N–H and O–H groups in total. The topological polar surface area (TPSA) is 119 Å². The molecule has 1 rings (SSSR count). The normalized spacial score (nSPS) is 13.1. The number of ether oxygens (including phenoxy) is 1. The van der Waals surface area contributed by atoms with E-state index in [-0.39, 0.29) is 22.1 Å². The number of nitrogens with one attached hydrogen (secondary N) is 1. The molecule has 1 aromatic carbocycles. The van der Waals surface area contributed by atoms with Crippen molar-refractivity contribution in [2.45, 2.75) is 17.9 Å². The van der Waals surface area contributed by atoms with Gasteiger partial charge in [-0.3, -0.25) is 10.1 Å². The second-order valence-corrected chi connectivity index (χ2v) is 6.37. The van der Waals surface area contributed by atoms with Crippen LogP contribution in [0.2, 0.25) is 5.02 Å². The van der Waals surface area contributed by atoms with E-state index >= 15 is 0 Å². The van der Waals surface area contributed by atoms with Crippen LogP contribution in [0.25, 0.3) is 0 Å². The molecule has 0 aromatic heterocycles. The van der Waals surface area contributed by atoms with Gasteiger partial charge in [0.2, 0.25) is 10.0 Å². The first-order valence-electron chi connectivity index (χ1n) is 5.79. The summed E-state index contributed by atoms with van der Waals surface area (Å²) < 4.78 is 31.5. The molecule has 0 aliphatic carbocycles. The molecule has 0 saturated carbocycles. The first-order chi connectivity index (χ1) is 9.72. The number of aliphatic hydroxyl groups excluding tert-OH is 1. The summed E-state index contributed by atoms with van der Waals surface area (Å²) in [5.74, 6) is 0. The minimum Gasteiger partial charge on any atom is -0.395 e. The Labute approximate surface area is 126 Å². The lowest BCUT2D eigenvalue weighted by Gasteiger charge is -2.16. The summed E-state index contributed by atoms with van der Waals surface area (Å²) in [7, 11) is -2.69. The van der Waals surface area contributed by atoms with Gasteiger partial charge in [-0.1, -0.05) is 11.6 Å². The molecule has 0 fully saturated rings. The SMILES string of the molecule is COCC(CO)NS(=O)(=O)c1cc([N+](=O)[O-])c(Cl)cc1C. The smallest absolute Gasteiger partial charge is 0.289 e. The molecule has 0 radical (unpaired) electrons. The zero-order valence-electron chi connectivity index (χ0n) is 11.4. The lowest BCUT2D eigenvalue weighted by atomic mass is 10.2. The number of aliphatic hydroxyl groups is 1. The third-order valence-electron chi connectivity index (χ3n) is 2.64. The van der Waals surface area contributed by atoms with Gasteiger partial charge in [-0.25, -0.2) is 13.1 Å². The van der Waals surface area contributed by atoms with E-state index in [1.54, 1.807) is 0 Å². The van der Waals surface area contributed by atoms with Gasteiger partial charge >= 0.3 is 0 Å². The summed E-state index contributed by atoms with van der Waals surface area (Å²) in [6.07, 6.45) is 0. The highest BCUT2D eigenvalue weighted by atomic mass is 35.5. The van der Waals surface area contributed by atoms with Gasteiger partial charge in [0, 0.05) is 13.2 Å². The van der Waals surface area contributed by atoms with Gasteiger partial charge in [-0.15, -0.1) is 0 Å². The predicted molar refractivity (Wildman–Crippen MR) is 75.9 cm³/mol. The average Bonchev–Trinajstić information content (AvgIpc) is 2.37. The maximum absolute atomic E-state index is 12.2. The maximum Gasteiger partial charge on any atom is 0.289 e. The molecule has 0 aliphatic rings. The molecule has 21 heavy (non-hydrogen) atoms. The lowest BCUT2D eigenvalue weighted by Crippen LogP contribution is -2.40. The second kappa shape index (κ2) is 7.14. The number of hydrogen-bond acceptors (Lipinski definition) is 6. The molecule has 0 bridgehead atoms. The highest BCUT2D eigenvalue weighted by Gasteiger charge is 2.25. The number of aryl methyl sites for hydroxylation is 1. The molecule has 1 atom stereocenters. The van der Waals surface area contributed by atoms with E-state index in [2.05, 4.69) is 4.72 Å². The number of benzene rings is 1. The fourth-order valence-electron chi connectivity index (χ4n) is 1.68. The van der Waals surface area contributed by atoms with Crippen LogP contribution in [0.5, 0.6) is 0 Å². The van der Waals surface area contributed by atoms with Crippen LogP contribution in [-0.4, -0.2) is 44.8 Å². The Kier molecular flexibility index (Phi) is 6.05. The summed E-state index contributed by atoms with van der Waals surface area (Å²) in [4.78, 5) is 9.80. The van der Waals surface area contributed by atoms with Crippen LogP contribution in [0.15, 0.2) is 17.0 Å². The Hall–Kier alpha value is -1.26. The standard InChI is InChI=1S/C11H15ClN2O6S/c1-7-3-9(12)10(14(16)17)4-11(7)21(18,19)13-8(5-15)6-20-2/h3-4,8,13,15H,5-6H2,1-2H3. The van der Waals surface area contributed by atoms with Gasteiger partial charge in [-0.05, 0) is 18.6 Å². The van der Waals surface area contributed by atoms with Crippen molar-refractivity contribution in [2.75, 3.05) is 20.3 Å². The molecule has 10 heteroatoms. The van der Waals surface area contributed by atoms with E-state index in [1.165, 1.54) is 20.1 Å². The third-order valence-corrected chi connectivity index (χ3v) is 4.61. The van der Waals surface area contributed by atoms with Crippen LogP contribution in [0.4, 0.5) is 5.69 Å². The van der Waals surface area contributed by atoms with Crippen molar-refractivity contribution in [1.82, 2.24) is 4.72 Å². The molecule has 0 spiro atoms. The van der Waals surface area contributed by atoms with Crippen molar-refractivity contribution < 1.29 is 23.2 Å². The molecule has 0 aliphatic heterocycles. The Balaban J connectivity index is 3.25. The molecule has 8 nitrogen and oxygen atoms in total. The van der Waals surface area contributed by atoms with Crippen molar-refractivity contribution in [2.24, 2.45) is 0 Å². The minimum absolute atomic E-state index is 0.0372. The lowest BCUT2D eigenvalue weighted by molar-refractivity contribution is -0.384. The fourth-order valence-corrected chi connectivity index (χ4v) is 3.42. The van der Waals surface area contributed by atoms with Crippen LogP contribution < -0.4 is 4.72 Å². The van der Waals surface area contributed by atoms with Crippen LogP contribution in [0, 0.1) is 17.0 Å². The van der Waals surface area contributed by atoms with Gasteiger partial charge in [0.05, 0.1) is 29.1 Å². The number of sulfonamides is 1. The molecule has 0 saturated heterocycles. The second-order valence-electron chi connectivity index (χ2n) is 4.28. The van der Waals surface area contributed by atoms with Crippen LogP contribution in [0.3, 0.4) is 0 Å². The van der Waals surface area contributed by atoms with E-state index in [1.807, 2.05) is 0 Å². The molecule has 1 aromatic rings. The van der Waals surface area contributed by atoms with Crippen molar-refractivity contribution in [1.29, 1.82) is 0 Å². The van der Waals surface area contributed by atoms with E-state index in [0.717, 1.165) is 6.07 Å². The number of nitrogens with zero attached hydrogens (tertiary/aromatic N) is 1. The minimum atomic E-state index is -4.05.